The van der Waals surface area contributed by atoms with Crippen LogP contribution >= 0.6 is 11.3 Å². The molecule has 0 atom stereocenters. The number of benzene rings is 1. The van der Waals surface area contributed by atoms with Gasteiger partial charge in [0.05, 0.1) is 27.7 Å². The molecule has 3 rings (SSSR count). The van der Waals surface area contributed by atoms with Gasteiger partial charge >= 0.3 is 6.18 Å². The summed E-state index contributed by atoms with van der Waals surface area (Å²) in [5.74, 6) is 0. The van der Waals surface area contributed by atoms with Crippen molar-refractivity contribution in [2.45, 2.75) is 13.1 Å². The van der Waals surface area contributed by atoms with Crippen molar-refractivity contribution < 1.29 is 13.2 Å². The molecule has 0 fully saturated rings. The van der Waals surface area contributed by atoms with Crippen LogP contribution in [-0.4, -0.2) is 9.97 Å². The Bertz CT molecular complexity index is 796. The molecular weight excluding hydrogens is 299 g/mol. The number of fused-ring (bicyclic) bond motifs is 1. The summed E-state index contributed by atoms with van der Waals surface area (Å²) in [6.07, 6.45) is -1.03. The molecule has 0 aliphatic carbocycles. The molecular formula is C14H10F3N3S. The zero-order chi connectivity index (χ0) is 15.0. The van der Waals surface area contributed by atoms with Crippen LogP contribution in [0.25, 0.3) is 10.2 Å². The molecule has 0 saturated heterocycles. The fraction of sp³-hybridized carbons (Fsp3) is 0.143. The van der Waals surface area contributed by atoms with Gasteiger partial charge < -0.3 is 5.32 Å². The number of halogens is 3. The lowest BCUT2D eigenvalue weighted by atomic mass is 10.2. The third-order valence-electron chi connectivity index (χ3n) is 3.00. The van der Waals surface area contributed by atoms with Gasteiger partial charge in [-0.15, -0.1) is 0 Å². The van der Waals surface area contributed by atoms with Gasteiger partial charge in [0, 0.05) is 6.20 Å². The maximum atomic E-state index is 12.7. The van der Waals surface area contributed by atoms with Crippen molar-refractivity contribution >= 4 is 32.4 Å². The summed E-state index contributed by atoms with van der Waals surface area (Å²) in [6.45, 7) is 1.92. The molecule has 0 unspecified atom stereocenters. The van der Waals surface area contributed by atoms with E-state index in [0.29, 0.717) is 15.3 Å². The molecule has 3 nitrogen and oxygen atoms in total. The Morgan fingerprint density at radius 2 is 2.00 bits per heavy atom. The molecule has 2 aromatic heterocycles. The van der Waals surface area contributed by atoms with Crippen molar-refractivity contribution in [3.05, 3.63) is 47.8 Å². The topological polar surface area (TPSA) is 37.8 Å². The van der Waals surface area contributed by atoms with E-state index in [1.165, 1.54) is 17.4 Å². The smallest absolute Gasteiger partial charge is 0.330 e. The number of nitrogens with zero attached hydrogens (tertiary/aromatic N) is 2. The molecule has 7 heteroatoms. The fourth-order valence-corrected chi connectivity index (χ4v) is 2.73. The summed E-state index contributed by atoms with van der Waals surface area (Å²) in [7, 11) is 0. The molecule has 1 N–H and O–H groups in total. The maximum absolute atomic E-state index is 12.7. The van der Waals surface area contributed by atoms with Gasteiger partial charge in [0.1, 0.15) is 0 Å². The van der Waals surface area contributed by atoms with Crippen molar-refractivity contribution in [3.63, 3.8) is 0 Å². The van der Waals surface area contributed by atoms with Gasteiger partial charge in [-0.05, 0) is 36.8 Å². The highest BCUT2D eigenvalue weighted by Gasteiger charge is 2.30. The number of rotatable bonds is 2. The van der Waals surface area contributed by atoms with E-state index >= 15 is 0 Å². The molecule has 0 spiro atoms. The molecule has 0 amide bonds. The third kappa shape index (κ3) is 2.82. The Labute approximate surface area is 122 Å². The number of nitrogens with one attached hydrogen (secondary N) is 1. The van der Waals surface area contributed by atoms with Crippen LogP contribution in [0.3, 0.4) is 0 Å². The highest BCUT2D eigenvalue weighted by molar-refractivity contribution is 7.22. The Morgan fingerprint density at radius 3 is 2.71 bits per heavy atom. The lowest BCUT2D eigenvalue weighted by Crippen LogP contribution is -2.03. The Kier molecular flexibility index (Phi) is 3.29. The number of aryl methyl sites for hydroxylation is 1. The maximum Gasteiger partial charge on any atom is 0.416 e. The van der Waals surface area contributed by atoms with E-state index in [9.17, 15) is 13.2 Å². The minimum Gasteiger partial charge on any atom is -0.330 e. The van der Waals surface area contributed by atoms with Crippen LogP contribution < -0.4 is 5.32 Å². The van der Waals surface area contributed by atoms with Gasteiger partial charge in [0.2, 0.25) is 0 Å². The molecule has 0 radical (unpaired) electrons. The van der Waals surface area contributed by atoms with E-state index < -0.39 is 11.7 Å². The van der Waals surface area contributed by atoms with Gasteiger partial charge in [0.25, 0.3) is 0 Å². The SMILES string of the molecule is Cc1ccncc1Nc1nc2cc(C(F)(F)F)ccc2s1. The monoisotopic (exact) mass is 309 g/mol. The van der Waals surface area contributed by atoms with Crippen molar-refractivity contribution in [2.24, 2.45) is 0 Å². The van der Waals surface area contributed by atoms with Crippen LogP contribution in [0.2, 0.25) is 0 Å². The molecule has 2 heterocycles. The Hall–Kier alpha value is -2.15. The summed E-state index contributed by atoms with van der Waals surface area (Å²) in [4.78, 5) is 8.21. The molecule has 0 aliphatic rings. The second-order valence-electron chi connectivity index (χ2n) is 4.51. The summed E-state index contributed by atoms with van der Waals surface area (Å²) in [5.41, 5.74) is 1.41. The average molecular weight is 309 g/mol. The highest BCUT2D eigenvalue weighted by atomic mass is 32.1. The van der Waals surface area contributed by atoms with E-state index in [1.54, 1.807) is 12.4 Å². The van der Waals surface area contributed by atoms with Crippen molar-refractivity contribution in [1.29, 1.82) is 0 Å². The van der Waals surface area contributed by atoms with Crippen LogP contribution in [0.15, 0.2) is 36.7 Å². The molecule has 0 aliphatic heterocycles. The summed E-state index contributed by atoms with van der Waals surface area (Å²) in [6, 6.07) is 5.42. The highest BCUT2D eigenvalue weighted by Crippen LogP contribution is 2.34. The number of hydrogen-bond donors (Lipinski definition) is 1. The number of thiazole rings is 1. The largest absolute Gasteiger partial charge is 0.416 e. The zero-order valence-corrected chi connectivity index (χ0v) is 11.7. The average Bonchev–Trinajstić information content (AvgIpc) is 2.81. The van der Waals surface area contributed by atoms with Crippen molar-refractivity contribution in [3.8, 4) is 0 Å². The number of aromatic nitrogens is 2. The minimum atomic E-state index is -4.36. The van der Waals surface area contributed by atoms with Gasteiger partial charge in [0.15, 0.2) is 5.13 Å². The van der Waals surface area contributed by atoms with E-state index in [1.807, 2.05) is 13.0 Å². The summed E-state index contributed by atoms with van der Waals surface area (Å²) >= 11 is 1.30. The molecule has 3 aromatic rings. The lowest BCUT2D eigenvalue weighted by Gasteiger charge is -2.05. The van der Waals surface area contributed by atoms with Crippen LogP contribution in [-0.2, 0) is 6.18 Å². The first kappa shape index (κ1) is 13.8. The first-order valence-electron chi connectivity index (χ1n) is 6.09. The van der Waals surface area contributed by atoms with E-state index in [-0.39, 0.29) is 0 Å². The van der Waals surface area contributed by atoms with Gasteiger partial charge in [-0.1, -0.05) is 11.3 Å². The minimum absolute atomic E-state index is 0.332. The summed E-state index contributed by atoms with van der Waals surface area (Å²) in [5, 5.41) is 3.63. The quantitative estimate of drug-likeness (QED) is 0.741. The lowest BCUT2D eigenvalue weighted by molar-refractivity contribution is -0.137. The molecule has 108 valence electrons. The first-order valence-corrected chi connectivity index (χ1v) is 6.90. The molecule has 21 heavy (non-hydrogen) atoms. The fourth-order valence-electron chi connectivity index (χ4n) is 1.87. The van der Waals surface area contributed by atoms with Gasteiger partial charge in [-0.2, -0.15) is 13.2 Å². The van der Waals surface area contributed by atoms with Crippen LogP contribution in [0.5, 0.6) is 0 Å². The van der Waals surface area contributed by atoms with Crippen molar-refractivity contribution in [2.75, 3.05) is 5.32 Å². The summed E-state index contributed by atoms with van der Waals surface area (Å²) < 4.78 is 38.7. The van der Waals surface area contributed by atoms with Crippen LogP contribution in [0.1, 0.15) is 11.1 Å². The number of hydrogen-bond acceptors (Lipinski definition) is 4. The standard InChI is InChI=1S/C14H10F3N3S/c1-8-4-5-18-7-11(8)20-13-19-10-6-9(14(15,16)17)2-3-12(10)21-13/h2-7H,1H3,(H,19,20). The number of pyridine rings is 1. The predicted octanol–water partition coefficient (Wildman–Crippen LogP) is 4.76. The zero-order valence-electron chi connectivity index (χ0n) is 10.9. The van der Waals surface area contributed by atoms with Gasteiger partial charge in [-0.3, -0.25) is 4.98 Å². The molecule has 1 aromatic carbocycles. The van der Waals surface area contributed by atoms with Crippen LogP contribution in [0.4, 0.5) is 24.0 Å². The van der Waals surface area contributed by atoms with E-state index in [0.717, 1.165) is 23.4 Å². The molecule has 0 bridgehead atoms. The van der Waals surface area contributed by atoms with Gasteiger partial charge in [-0.25, -0.2) is 4.98 Å². The first-order chi connectivity index (χ1) is 9.93. The third-order valence-corrected chi connectivity index (χ3v) is 3.95. The van der Waals surface area contributed by atoms with Crippen LogP contribution in [0, 0.1) is 6.92 Å². The van der Waals surface area contributed by atoms with E-state index in [4.69, 9.17) is 0 Å². The van der Waals surface area contributed by atoms with E-state index in [2.05, 4.69) is 15.3 Å². The second-order valence-corrected chi connectivity index (χ2v) is 5.55. The predicted molar refractivity (Wildman–Crippen MR) is 76.9 cm³/mol. The van der Waals surface area contributed by atoms with Crippen molar-refractivity contribution in [1.82, 2.24) is 9.97 Å². The normalized spacial score (nSPS) is 11.8. The second kappa shape index (κ2) is 5.00. The Morgan fingerprint density at radius 1 is 1.19 bits per heavy atom. The number of alkyl halides is 3. The Balaban J connectivity index is 1.96. The number of anilines is 2. The molecule has 0 saturated carbocycles.